The molecule has 0 bridgehead atoms. The molecule has 0 amide bonds. The van der Waals surface area contributed by atoms with Crippen molar-refractivity contribution in [3.8, 4) is 0 Å². The van der Waals surface area contributed by atoms with E-state index in [4.69, 9.17) is 28.4 Å². The first kappa shape index (κ1) is 25.8. The molecule has 9 heteroatoms. The Labute approximate surface area is 218 Å². The predicted octanol–water partition coefficient (Wildman–Crippen LogP) is 2.59. The Morgan fingerprint density at radius 3 is 2.78 bits per heavy atom. The number of esters is 1. The van der Waals surface area contributed by atoms with Crippen LogP contribution in [-0.4, -0.2) is 78.6 Å². The summed E-state index contributed by atoms with van der Waals surface area (Å²) in [4.78, 5) is 13.5. The molecule has 2 N–H and O–H groups in total. The maximum Gasteiger partial charge on any atom is 0.309 e. The van der Waals surface area contributed by atoms with Crippen molar-refractivity contribution in [3.63, 3.8) is 0 Å². The standard InChI is InChI=1S/C28H40O9/c1-14-25(30)21(32-4)10-23(35-14)36-20-9-16-6-7-17-18(27(16,2)11-19(20)29)8-5-15-12-33-28(3)24(15)22(13-34-28)37-26(17)31/h6,12,14,17-25,29-30H,5,7-11,13H2,1-4H3/t14-,17-,18+,19-,20-,21-,22-,23+,24-,25-,27+,28+/m1/s1. The second-order valence-corrected chi connectivity index (χ2v) is 12.1. The molecule has 206 valence electrons. The molecular formula is C28H40O9. The van der Waals surface area contributed by atoms with Crippen LogP contribution in [0.15, 0.2) is 23.5 Å². The van der Waals surface area contributed by atoms with E-state index in [0.717, 1.165) is 18.4 Å². The lowest BCUT2D eigenvalue weighted by molar-refractivity contribution is -0.275. The summed E-state index contributed by atoms with van der Waals surface area (Å²) in [5.41, 5.74) is 2.04. The van der Waals surface area contributed by atoms with Crippen molar-refractivity contribution in [1.29, 1.82) is 0 Å². The van der Waals surface area contributed by atoms with Crippen LogP contribution in [0.4, 0.5) is 0 Å². The van der Waals surface area contributed by atoms with Crippen molar-refractivity contribution in [1.82, 2.24) is 0 Å². The van der Waals surface area contributed by atoms with Gasteiger partial charge in [0.15, 0.2) is 6.29 Å². The zero-order chi connectivity index (χ0) is 26.1. The first-order valence-electron chi connectivity index (χ1n) is 13.7. The van der Waals surface area contributed by atoms with Crippen molar-refractivity contribution in [2.75, 3.05) is 13.7 Å². The molecule has 0 spiro atoms. The first-order chi connectivity index (χ1) is 17.6. The zero-order valence-corrected chi connectivity index (χ0v) is 22.1. The summed E-state index contributed by atoms with van der Waals surface area (Å²) >= 11 is 0. The van der Waals surface area contributed by atoms with E-state index in [9.17, 15) is 15.0 Å². The molecule has 4 fully saturated rings. The van der Waals surface area contributed by atoms with Gasteiger partial charge in [-0.15, -0.1) is 0 Å². The summed E-state index contributed by atoms with van der Waals surface area (Å²) in [6.07, 6.45) is 4.18. The van der Waals surface area contributed by atoms with Crippen molar-refractivity contribution < 1.29 is 43.4 Å². The van der Waals surface area contributed by atoms with Crippen LogP contribution < -0.4 is 0 Å². The number of hydrogen-bond acceptors (Lipinski definition) is 9. The quantitative estimate of drug-likeness (QED) is 0.428. The normalized spacial score (nSPS) is 51.2. The number of aliphatic hydroxyl groups excluding tert-OH is 2. The molecule has 2 aliphatic carbocycles. The van der Waals surface area contributed by atoms with Crippen LogP contribution in [0.2, 0.25) is 0 Å². The van der Waals surface area contributed by atoms with Crippen LogP contribution in [0.25, 0.3) is 0 Å². The van der Waals surface area contributed by atoms with Crippen LogP contribution in [-0.2, 0) is 33.2 Å². The fraction of sp³-hybridized carbons (Fsp3) is 0.821. The van der Waals surface area contributed by atoms with E-state index in [2.05, 4.69) is 13.0 Å². The Morgan fingerprint density at radius 2 is 2.00 bits per heavy atom. The molecule has 0 aromatic rings. The number of rotatable bonds is 3. The van der Waals surface area contributed by atoms with Crippen molar-refractivity contribution in [2.45, 2.75) is 108 Å². The van der Waals surface area contributed by atoms with Crippen molar-refractivity contribution >= 4 is 5.97 Å². The predicted molar refractivity (Wildman–Crippen MR) is 130 cm³/mol. The number of aliphatic hydroxyl groups is 2. The van der Waals surface area contributed by atoms with Gasteiger partial charge in [-0.1, -0.05) is 18.6 Å². The summed E-state index contributed by atoms with van der Waals surface area (Å²) in [5.74, 6) is -1.21. The monoisotopic (exact) mass is 520 g/mol. The van der Waals surface area contributed by atoms with Gasteiger partial charge in [-0.05, 0) is 55.9 Å². The van der Waals surface area contributed by atoms with Gasteiger partial charge in [0, 0.05) is 20.5 Å². The lowest BCUT2D eigenvalue weighted by atomic mass is 9.55. The summed E-state index contributed by atoms with van der Waals surface area (Å²) in [6, 6.07) is 0. The smallest absolute Gasteiger partial charge is 0.309 e. The Bertz CT molecular complexity index is 979. The molecule has 0 unspecified atom stereocenters. The van der Waals surface area contributed by atoms with E-state index in [1.807, 2.05) is 13.2 Å². The molecule has 0 aromatic carbocycles. The summed E-state index contributed by atoms with van der Waals surface area (Å²) in [6.45, 7) is 6.25. The number of ether oxygens (including phenoxy) is 6. The third-order valence-electron chi connectivity index (χ3n) is 10.1. The van der Waals surface area contributed by atoms with E-state index in [-0.39, 0.29) is 41.3 Å². The lowest BCUT2D eigenvalue weighted by Gasteiger charge is -2.52. The van der Waals surface area contributed by atoms with Gasteiger partial charge in [0.05, 0.1) is 49.1 Å². The zero-order valence-electron chi connectivity index (χ0n) is 22.1. The minimum Gasteiger partial charge on any atom is -0.469 e. The molecule has 6 rings (SSSR count). The third kappa shape index (κ3) is 4.17. The highest BCUT2D eigenvalue weighted by Crippen LogP contribution is 2.57. The lowest BCUT2D eigenvalue weighted by Crippen LogP contribution is -2.53. The summed E-state index contributed by atoms with van der Waals surface area (Å²) in [7, 11) is 1.57. The average molecular weight is 521 g/mol. The molecule has 0 aromatic heterocycles. The van der Waals surface area contributed by atoms with E-state index >= 15 is 0 Å². The molecule has 12 atom stereocenters. The van der Waals surface area contributed by atoms with Gasteiger partial charge in [-0.25, -0.2) is 0 Å². The molecule has 4 aliphatic heterocycles. The molecule has 37 heavy (non-hydrogen) atoms. The Kier molecular flexibility index (Phi) is 6.49. The van der Waals surface area contributed by atoms with Crippen LogP contribution in [0.1, 0.15) is 59.3 Å². The SMILES string of the molecule is CO[C@@H]1C[C@H](O[C@@H]2CC3=CC[C@H]4C(=O)O[C@@H]5CO[C@]6(C)OC=C(CC[C@@H]4[C@@]3(C)C[C@H]2O)[C@H]56)O[C@H](C)[C@H]1O. The third-order valence-corrected chi connectivity index (χ3v) is 10.1. The Hall–Kier alpha value is -1.49. The van der Waals surface area contributed by atoms with E-state index in [0.29, 0.717) is 32.3 Å². The van der Waals surface area contributed by atoms with Crippen LogP contribution in [0, 0.1) is 23.2 Å². The van der Waals surface area contributed by atoms with E-state index in [1.165, 1.54) is 5.57 Å². The van der Waals surface area contributed by atoms with Gasteiger partial charge < -0.3 is 38.6 Å². The molecule has 1 saturated carbocycles. The number of carbonyl (C=O) groups excluding carboxylic acids is 1. The van der Waals surface area contributed by atoms with E-state index < -0.39 is 36.5 Å². The van der Waals surface area contributed by atoms with Gasteiger partial charge in [0.1, 0.15) is 12.2 Å². The summed E-state index contributed by atoms with van der Waals surface area (Å²) in [5, 5.41) is 21.6. The van der Waals surface area contributed by atoms with Crippen LogP contribution >= 0.6 is 0 Å². The molecule has 4 heterocycles. The minimum atomic E-state index is -0.759. The van der Waals surface area contributed by atoms with Crippen LogP contribution in [0.5, 0.6) is 0 Å². The molecule has 9 nitrogen and oxygen atoms in total. The molecule has 3 saturated heterocycles. The van der Waals surface area contributed by atoms with Gasteiger partial charge in [0.25, 0.3) is 0 Å². The maximum atomic E-state index is 13.5. The fourth-order valence-corrected chi connectivity index (χ4v) is 7.91. The van der Waals surface area contributed by atoms with Crippen molar-refractivity contribution in [3.05, 3.63) is 23.5 Å². The Balaban J connectivity index is 1.21. The highest BCUT2D eigenvalue weighted by Gasteiger charge is 2.58. The van der Waals surface area contributed by atoms with Gasteiger partial charge in [-0.3, -0.25) is 4.79 Å². The van der Waals surface area contributed by atoms with Crippen LogP contribution in [0.3, 0.4) is 0 Å². The number of methoxy groups -OCH3 is 1. The highest BCUT2D eigenvalue weighted by molar-refractivity contribution is 5.74. The highest BCUT2D eigenvalue weighted by atomic mass is 16.7. The average Bonchev–Trinajstić information content (AvgIpc) is 3.36. The van der Waals surface area contributed by atoms with Gasteiger partial charge >= 0.3 is 5.97 Å². The summed E-state index contributed by atoms with van der Waals surface area (Å²) < 4.78 is 35.4. The first-order valence-corrected chi connectivity index (χ1v) is 13.7. The number of carbonyl (C=O) groups is 1. The number of fused-ring (bicyclic) bond motifs is 3. The van der Waals surface area contributed by atoms with Crippen molar-refractivity contribution in [2.24, 2.45) is 23.2 Å². The van der Waals surface area contributed by atoms with Gasteiger partial charge in [-0.2, -0.15) is 0 Å². The van der Waals surface area contributed by atoms with Gasteiger partial charge in [0.2, 0.25) is 5.79 Å². The second-order valence-electron chi connectivity index (χ2n) is 12.1. The topological polar surface area (TPSA) is 113 Å². The molecule has 6 aliphatic rings. The largest absolute Gasteiger partial charge is 0.469 e. The second kappa shape index (κ2) is 9.31. The Morgan fingerprint density at radius 1 is 1.19 bits per heavy atom. The minimum absolute atomic E-state index is 0.0436. The number of hydrogen-bond donors (Lipinski definition) is 2. The number of allylic oxidation sites excluding steroid dienone is 1. The van der Waals surface area contributed by atoms with E-state index in [1.54, 1.807) is 14.0 Å². The fourth-order valence-electron chi connectivity index (χ4n) is 7.91. The molecular weight excluding hydrogens is 480 g/mol. The molecule has 0 radical (unpaired) electrons. The maximum absolute atomic E-state index is 13.5.